The molecule has 1 fully saturated rings. The predicted molar refractivity (Wildman–Crippen MR) is 69.1 cm³/mol. The summed E-state index contributed by atoms with van der Waals surface area (Å²) in [5.74, 6) is 0. The molecule has 88 valence electrons. The van der Waals surface area contributed by atoms with Crippen molar-refractivity contribution in [2.75, 3.05) is 5.73 Å². The number of nitrogens with two attached hydrogens (primary N) is 1. The lowest BCUT2D eigenvalue weighted by Crippen LogP contribution is -2.19. The molecule has 2 N–H and O–H groups in total. The van der Waals surface area contributed by atoms with Gasteiger partial charge >= 0.3 is 0 Å². The maximum absolute atomic E-state index is 12.4. The van der Waals surface area contributed by atoms with Gasteiger partial charge in [-0.3, -0.25) is 4.21 Å². The smallest absolute Gasteiger partial charge is 0.0806 e. The quantitative estimate of drug-likeness (QED) is 0.826. The minimum absolute atomic E-state index is 0.232. The summed E-state index contributed by atoms with van der Waals surface area (Å²) in [6.07, 6.45) is 5.64. The summed E-state index contributed by atoms with van der Waals surface area (Å²) in [5.41, 5.74) is 6.40. The number of hydrogen-bond acceptors (Lipinski definition) is 2. The Bertz CT molecular complexity index is 382. The van der Waals surface area contributed by atoms with Gasteiger partial charge in [0.25, 0.3) is 0 Å². The van der Waals surface area contributed by atoms with E-state index in [1.54, 1.807) is 18.2 Å². The van der Waals surface area contributed by atoms with Crippen LogP contribution >= 0.6 is 11.6 Å². The van der Waals surface area contributed by atoms with Gasteiger partial charge in [-0.25, -0.2) is 0 Å². The molecular formula is C12H16ClNOS. The molecule has 1 aromatic carbocycles. The third-order valence-electron chi connectivity index (χ3n) is 3.05. The second-order valence-electron chi connectivity index (χ2n) is 4.22. The van der Waals surface area contributed by atoms with E-state index in [9.17, 15) is 4.21 Å². The number of nitrogen functional groups attached to an aromatic ring is 1. The third-order valence-corrected chi connectivity index (χ3v) is 5.42. The van der Waals surface area contributed by atoms with Crippen LogP contribution in [0.1, 0.15) is 32.1 Å². The van der Waals surface area contributed by atoms with Crippen molar-refractivity contribution in [1.29, 1.82) is 0 Å². The highest BCUT2D eigenvalue weighted by Gasteiger charge is 2.24. The van der Waals surface area contributed by atoms with Gasteiger partial charge in [0.15, 0.2) is 0 Å². The first-order chi connectivity index (χ1) is 7.70. The molecule has 4 heteroatoms. The molecule has 0 spiro atoms. The van der Waals surface area contributed by atoms with Gasteiger partial charge in [0.1, 0.15) is 0 Å². The van der Waals surface area contributed by atoms with E-state index in [0.717, 1.165) is 12.8 Å². The van der Waals surface area contributed by atoms with E-state index < -0.39 is 10.8 Å². The molecule has 0 aliphatic heterocycles. The van der Waals surface area contributed by atoms with Crippen LogP contribution in [0.4, 0.5) is 5.69 Å². The Kier molecular flexibility index (Phi) is 3.87. The van der Waals surface area contributed by atoms with Gasteiger partial charge in [-0.05, 0) is 25.0 Å². The van der Waals surface area contributed by atoms with Crippen LogP contribution in [0.2, 0.25) is 5.02 Å². The molecule has 0 amide bonds. The highest BCUT2D eigenvalue weighted by atomic mass is 35.5. The molecule has 1 atom stereocenters. The summed E-state index contributed by atoms with van der Waals surface area (Å²) in [4.78, 5) is 0.635. The molecule has 1 aliphatic rings. The number of benzene rings is 1. The average Bonchev–Trinajstić information content (AvgIpc) is 2.30. The van der Waals surface area contributed by atoms with Gasteiger partial charge < -0.3 is 5.73 Å². The molecule has 2 rings (SSSR count). The topological polar surface area (TPSA) is 43.1 Å². The van der Waals surface area contributed by atoms with Gasteiger partial charge in [-0.2, -0.15) is 0 Å². The maximum Gasteiger partial charge on any atom is 0.0806 e. The normalized spacial score (nSPS) is 19.6. The van der Waals surface area contributed by atoms with E-state index in [2.05, 4.69) is 0 Å². The van der Waals surface area contributed by atoms with Crippen LogP contribution in [0.3, 0.4) is 0 Å². The molecule has 1 aromatic rings. The molecule has 0 saturated heterocycles. The minimum atomic E-state index is -1.05. The Labute approximate surface area is 104 Å². The van der Waals surface area contributed by atoms with Crippen molar-refractivity contribution in [3.63, 3.8) is 0 Å². The predicted octanol–water partition coefficient (Wildman–Crippen LogP) is 3.36. The van der Waals surface area contributed by atoms with Crippen LogP contribution in [0.25, 0.3) is 0 Å². The Balaban J connectivity index is 2.26. The summed E-state index contributed by atoms with van der Waals surface area (Å²) in [5, 5.41) is 0.764. The summed E-state index contributed by atoms with van der Waals surface area (Å²) in [6.45, 7) is 0. The van der Waals surface area contributed by atoms with E-state index in [0.29, 0.717) is 15.6 Å². The van der Waals surface area contributed by atoms with Crippen LogP contribution in [0, 0.1) is 0 Å². The van der Waals surface area contributed by atoms with Crippen molar-refractivity contribution in [3.05, 3.63) is 23.2 Å². The average molecular weight is 258 g/mol. The lowest BCUT2D eigenvalue weighted by atomic mass is 10.0. The lowest BCUT2D eigenvalue weighted by molar-refractivity contribution is 0.504. The van der Waals surface area contributed by atoms with Gasteiger partial charge in [-0.1, -0.05) is 36.9 Å². The molecule has 0 heterocycles. The Morgan fingerprint density at radius 1 is 1.25 bits per heavy atom. The first-order valence-electron chi connectivity index (χ1n) is 5.64. The Morgan fingerprint density at radius 3 is 2.56 bits per heavy atom. The molecule has 0 radical (unpaired) electrons. The molecule has 1 aliphatic carbocycles. The Hall–Kier alpha value is -0.540. The monoisotopic (exact) mass is 257 g/mol. The summed E-state index contributed by atoms with van der Waals surface area (Å²) < 4.78 is 12.4. The highest BCUT2D eigenvalue weighted by Crippen LogP contribution is 2.32. The van der Waals surface area contributed by atoms with E-state index in [1.165, 1.54) is 19.3 Å². The minimum Gasteiger partial charge on any atom is -0.398 e. The van der Waals surface area contributed by atoms with Crippen molar-refractivity contribution >= 4 is 28.1 Å². The van der Waals surface area contributed by atoms with Crippen molar-refractivity contribution in [2.24, 2.45) is 0 Å². The van der Waals surface area contributed by atoms with Crippen molar-refractivity contribution in [3.8, 4) is 0 Å². The maximum atomic E-state index is 12.4. The van der Waals surface area contributed by atoms with Gasteiger partial charge in [-0.15, -0.1) is 0 Å². The number of halogens is 1. The zero-order valence-electron chi connectivity index (χ0n) is 9.12. The number of rotatable bonds is 2. The SMILES string of the molecule is Nc1cccc(Cl)c1S(=O)C1CCCCC1. The highest BCUT2D eigenvalue weighted by molar-refractivity contribution is 7.86. The van der Waals surface area contributed by atoms with Crippen LogP contribution in [0.15, 0.2) is 23.1 Å². The van der Waals surface area contributed by atoms with Crippen molar-refractivity contribution in [2.45, 2.75) is 42.2 Å². The standard InChI is InChI=1S/C12H16ClNOS/c13-10-7-4-8-11(14)12(10)16(15)9-5-2-1-3-6-9/h4,7-9H,1-3,5-6,14H2. The van der Waals surface area contributed by atoms with Gasteiger partial charge in [0, 0.05) is 10.9 Å². The lowest BCUT2D eigenvalue weighted by Gasteiger charge is -2.22. The van der Waals surface area contributed by atoms with E-state index >= 15 is 0 Å². The van der Waals surface area contributed by atoms with Crippen molar-refractivity contribution < 1.29 is 4.21 Å². The van der Waals surface area contributed by atoms with Gasteiger partial charge in [0.05, 0.1) is 20.7 Å². The largest absolute Gasteiger partial charge is 0.398 e. The zero-order chi connectivity index (χ0) is 11.5. The fourth-order valence-corrected chi connectivity index (χ4v) is 4.25. The van der Waals surface area contributed by atoms with E-state index in [4.69, 9.17) is 17.3 Å². The number of anilines is 1. The molecule has 2 nitrogen and oxygen atoms in total. The van der Waals surface area contributed by atoms with Gasteiger partial charge in [0.2, 0.25) is 0 Å². The van der Waals surface area contributed by atoms with Crippen LogP contribution in [-0.2, 0) is 10.8 Å². The van der Waals surface area contributed by atoms with Crippen LogP contribution in [-0.4, -0.2) is 9.46 Å². The third kappa shape index (κ3) is 2.41. The molecule has 0 bridgehead atoms. The summed E-state index contributed by atoms with van der Waals surface area (Å²) in [6, 6.07) is 5.31. The van der Waals surface area contributed by atoms with E-state index in [1.807, 2.05) is 0 Å². The van der Waals surface area contributed by atoms with Crippen LogP contribution in [0.5, 0.6) is 0 Å². The first-order valence-corrected chi connectivity index (χ1v) is 7.24. The van der Waals surface area contributed by atoms with E-state index in [-0.39, 0.29) is 5.25 Å². The molecular weight excluding hydrogens is 242 g/mol. The zero-order valence-corrected chi connectivity index (χ0v) is 10.7. The number of hydrogen-bond donors (Lipinski definition) is 1. The Morgan fingerprint density at radius 2 is 1.94 bits per heavy atom. The fraction of sp³-hybridized carbons (Fsp3) is 0.500. The molecule has 1 saturated carbocycles. The molecule has 0 aromatic heterocycles. The summed E-state index contributed by atoms with van der Waals surface area (Å²) >= 11 is 6.07. The van der Waals surface area contributed by atoms with Crippen molar-refractivity contribution in [1.82, 2.24) is 0 Å². The first kappa shape index (κ1) is 11.9. The fourth-order valence-electron chi connectivity index (χ4n) is 2.18. The second kappa shape index (κ2) is 5.19. The second-order valence-corrected chi connectivity index (χ2v) is 6.29. The molecule has 1 unspecified atom stereocenters. The summed E-state index contributed by atoms with van der Waals surface area (Å²) in [7, 11) is -1.05. The van der Waals surface area contributed by atoms with Crippen LogP contribution < -0.4 is 5.73 Å². The molecule has 16 heavy (non-hydrogen) atoms.